The molecule has 5 heteroatoms. The van der Waals surface area contributed by atoms with Crippen LogP contribution in [0.2, 0.25) is 0 Å². The third kappa shape index (κ3) is 3.52. The van der Waals surface area contributed by atoms with E-state index in [1.807, 2.05) is 12.1 Å². The normalized spacial score (nSPS) is 22.0. The van der Waals surface area contributed by atoms with Crippen LogP contribution in [0.25, 0.3) is 0 Å². The van der Waals surface area contributed by atoms with Gasteiger partial charge in [0.1, 0.15) is 5.75 Å². The number of hydrogen-bond acceptors (Lipinski definition) is 3. The van der Waals surface area contributed by atoms with Crippen molar-refractivity contribution in [2.75, 3.05) is 26.2 Å². The van der Waals surface area contributed by atoms with Crippen molar-refractivity contribution in [1.29, 1.82) is 0 Å². The lowest BCUT2D eigenvalue weighted by Crippen LogP contribution is -2.47. The lowest BCUT2D eigenvalue weighted by atomic mass is 9.76. The van der Waals surface area contributed by atoms with Gasteiger partial charge in [-0.25, -0.2) is 0 Å². The molecule has 0 unspecified atom stereocenters. The molecule has 1 aliphatic carbocycles. The maximum atomic E-state index is 12.2. The molecule has 0 bridgehead atoms. The predicted octanol–water partition coefficient (Wildman–Crippen LogP) is 3.03. The molecule has 1 aliphatic heterocycles. The van der Waals surface area contributed by atoms with Crippen LogP contribution in [-0.2, 0) is 0 Å². The number of rotatable bonds is 5. The van der Waals surface area contributed by atoms with Gasteiger partial charge < -0.3 is 10.1 Å². The Balaban J connectivity index is 1.75. The first kappa shape index (κ1) is 14.7. The highest BCUT2D eigenvalue weighted by molar-refractivity contribution is 5.30. The molecule has 0 aromatic heterocycles. The van der Waals surface area contributed by atoms with Crippen LogP contribution in [0.4, 0.5) is 8.78 Å². The van der Waals surface area contributed by atoms with Crippen molar-refractivity contribution in [3.63, 3.8) is 0 Å². The fourth-order valence-electron chi connectivity index (χ4n) is 3.34. The summed E-state index contributed by atoms with van der Waals surface area (Å²) in [5.74, 6) is 0.936. The second kappa shape index (κ2) is 6.71. The van der Waals surface area contributed by atoms with E-state index in [1.165, 1.54) is 24.8 Å². The van der Waals surface area contributed by atoms with E-state index in [1.54, 1.807) is 12.1 Å². The largest absolute Gasteiger partial charge is 0.435 e. The van der Waals surface area contributed by atoms with Gasteiger partial charge in [0.2, 0.25) is 0 Å². The Morgan fingerprint density at radius 2 is 1.76 bits per heavy atom. The van der Waals surface area contributed by atoms with Crippen molar-refractivity contribution < 1.29 is 13.5 Å². The monoisotopic (exact) mass is 296 g/mol. The molecule has 3 rings (SSSR count). The second-order valence-corrected chi connectivity index (χ2v) is 5.87. The van der Waals surface area contributed by atoms with Gasteiger partial charge in [-0.2, -0.15) is 8.78 Å². The van der Waals surface area contributed by atoms with Gasteiger partial charge in [0, 0.05) is 32.2 Å². The summed E-state index contributed by atoms with van der Waals surface area (Å²) in [6.45, 7) is 1.39. The van der Waals surface area contributed by atoms with E-state index in [2.05, 4.69) is 15.0 Å². The maximum absolute atomic E-state index is 12.2. The quantitative estimate of drug-likeness (QED) is 0.904. The highest BCUT2D eigenvalue weighted by Crippen LogP contribution is 2.41. The summed E-state index contributed by atoms with van der Waals surface area (Å²) in [6.07, 6.45) is 3.84. The molecule has 21 heavy (non-hydrogen) atoms. The van der Waals surface area contributed by atoms with Crippen molar-refractivity contribution in [3.05, 3.63) is 29.8 Å². The van der Waals surface area contributed by atoms with Gasteiger partial charge in [0.25, 0.3) is 0 Å². The summed E-state index contributed by atoms with van der Waals surface area (Å²) in [5.41, 5.74) is 1.23. The lowest BCUT2D eigenvalue weighted by molar-refractivity contribution is -0.0498. The van der Waals surface area contributed by atoms with Crippen molar-refractivity contribution >= 4 is 0 Å². The summed E-state index contributed by atoms with van der Waals surface area (Å²) in [5, 5.41) is 3.38. The Morgan fingerprint density at radius 1 is 1.10 bits per heavy atom. The Kier molecular flexibility index (Phi) is 4.70. The highest BCUT2D eigenvalue weighted by Gasteiger charge is 2.33. The molecule has 1 atom stereocenters. The van der Waals surface area contributed by atoms with E-state index < -0.39 is 6.61 Å². The highest BCUT2D eigenvalue weighted by atomic mass is 19.3. The number of ether oxygens (including phenoxy) is 1. The first-order valence-electron chi connectivity index (χ1n) is 7.73. The predicted molar refractivity (Wildman–Crippen MR) is 77.6 cm³/mol. The fourth-order valence-corrected chi connectivity index (χ4v) is 3.34. The minimum atomic E-state index is -2.76. The van der Waals surface area contributed by atoms with Crippen LogP contribution in [0.3, 0.4) is 0 Å². The van der Waals surface area contributed by atoms with Crippen molar-refractivity contribution in [2.45, 2.75) is 31.9 Å². The first-order valence-corrected chi connectivity index (χ1v) is 7.73. The van der Waals surface area contributed by atoms with Gasteiger partial charge in [-0.05, 0) is 36.5 Å². The zero-order valence-corrected chi connectivity index (χ0v) is 12.1. The zero-order chi connectivity index (χ0) is 14.7. The third-order valence-electron chi connectivity index (χ3n) is 4.59. The van der Waals surface area contributed by atoms with E-state index in [-0.39, 0.29) is 5.75 Å². The molecule has 1 heterocycles. The van der Waals surface area contributed by atoms with E-state index in [9.17, 15) is 8.78 Å². The molecule has 0 spiro atoms. The van der Waals surface area contributed by atoms with E-state index in [0.717, 1.165) is 26.2 Å². The van der Waals surface area contributed by atoms with Crippen LogP contribution >= 0.6 is 0 Å². The molecule has 0 amide bonds. The minimum Gasteiger partial charge on any atom is -0.435 e. The van der Waals surface area contributed by atoms with Crippen LogP contribution in [0.1, 0.15) is 30.9 Å². The third-order valence-corrected chi connectivity index (χ3v) is 4.59. The molecule has 116 valence electrons. The molecule has 2 fully saturated rings. The van der Waals surface area contributed by atoms with Crippen LogP contribution < -0.4 is 10.1 Å². The Labute approximate surface area is 124 Å². The molecule has 1 N–H and O–H groups in total. The van der Waals surface area contributed by atoms with Crippen molar-refractivity contribution in [2.24, 2.45) is 5.92 Å². The number of hydrogen-bond donors (Lipinski definition) is 1. The summed E-state index contributed by atoms with van der Waals surface area (Å²) in [4.78, 5) is 2.53. The van der Waals surface area contributed by atoms with Crippen molar-refractivity contribution in [1.82, 2.24) is 10.2 Å². The maximum Gasteiger partial charge on any atom is 0.387 e. The average molecular weight is 296 g/mol. The van der Waals surface area contributed by atoms with Crippen molar-refractivity contribution in [3.8, 4) is 5.75 Å². The topological polar surface area (TPSA) is 24.5 Å². The molecular weight excluding hydrogens is 274 g/mol. The summed E-state index contributed by atoms with van der Waals surface area (Å²) in [7, 11) is 0. The Morgan fingerprint density at radius 3 is 2.29 bits per heavy atom. The number of alkyl halides is 2. The van der Waals surface area contributed by atoms with Gasteiger partial charge in [0.15, 0.2) is 0 Å². The fraction of sp³-hybridized carbons (Fsp3) is 0.625. The lowest BCUT2D eigenvalue weighted by Gasteiger charge is -2.43. The standard InChI is InChI=1S/C16H22F2N2O/c17-16(18)21-14-6-4-13(5-7-14)15(12-2-1-3-12)20-10-8-19-9-11-20/h4-7,12,15-16,19H,1-3,8-11H2/t15-/m1/s1. The molecule has 1 saturated carbocycles. The van der Waals surface area contributed by atoms with E-state index >= 15 is 0 Å². The van der Waals surface area contributed by atoms with Crippen LogP contribution in [-0.4, -0.2) is 37.7 Å². The number of nitrogens with one attached hydrogen (secondary N) is 1. The summed E-state index contributed by atoms with van der Waals surface area (Å²) in [6, 6.07) is 7.64. The number of piperazine rings is 1. The smallest absolute Gasteiger partial charge is 0.387 e. The molecule has 1 aromatic carbocycles. The second-order valence-electron chi connectivity index (χ2n) is 5.87. The number of benzene rings is 1. The van der Waals surface area contributed by atoms with Gasteiger partial charge >= 0.3 is 6.61 Å². The van der Waals surface area contributed by atoms with Gasteiger partial charge in [-0.15, -0.1) is 0 Å². The van der Waals surface area contributed by atoms with Gasteiger partial charge in [0.05, 0.1) is 0 Å². The molecule has 0 radical (unpaired) electrons. The molecule has 1 aromatic rings. The first-order chi connectivity index (χ1) is 10.2. The van der Waals surface area contributed by atoms with Gasteiger partial charge in [-0.1, -0.05) is 18.6 Å². The van der Waals surface area contributed by atoms with Crippen LogP contribution in [0.5, 0.6) is 5.75 Å². The Bertz CT molecular complexity index is 442. The SMILES string of the molecule is FC(F)Oc1ccc([C@@H](C2CCC2)N2CCNCC2)cc1. The number of nitrogens with zero attached hydrogens (tertiary/aromatic N) is 1. The molecule has 2 aliphatic rings. The Hall–Kier alpha value is -1.20. The molecular formula is C16H22F2N2O. The molecule has 1 saturated heterocycles. The summed E-state index contributed by atoms with van der Waals surface area (Å²) < 4.78 is 28.9. The van der Waals surface area contributed by atoms with E-state index in [4.69, 9.17) is 0 Å². The van der Waals surface area contributed by atoms with Crippen LogP contribution in [0.15, 0.2) is 24.3 Å². The average Bonchev–Trinajstić information content (AvgIpc) is 2.44. The summed E-state index contributed by atoms with van der Waals surface area (Å²) >= 11 is 0. The minimum absolute atomic E-state index is 0.237. The van der Waals surface area contributed by atoms with Gasteiger partial charge in [-0.3, -0.25) is 4.90 Å². The molecule has 3 nitrogen and oxygen atoms in total. The number of halogens is 2. The van der Waals surface area contributed by atoms with Crippen LogP contribution in [0, 0.1) is 5.92 Å². The zero-order valence-electron chi connectivity index (χ0n) is 12.1. The van der Waals surface area contributed by atoms with E-state index in [0.29, 0.717) is 12.0 Å².